The second-order valence-corrected chi connectivity index (χ2v) is 4.00. The first-order chi connectivity index (χ1) is 8.70. The lowest BCUT2D eigenvalue weighted by atomic mass is 10.0. The van der Waals surface area contributed by atoms with Gasteiger partial charge >= 0.3 is 5.97 Å². The number of ether oxygens (including phenoxy) is 1. The number of esters is 1. The maximum Gasteiger partial charge on any atom is 0.360 e. The molecule has 4 heteroatoms. The normalized spacial score (nSPS) is 10.3. The fourth-order valence-corrected chi connectivity index (χ4v) is 1.69. The molecule has 0 N–H and O–H groups in total. The first-order valence-corrected chi connectivity index (χ1v) is 5.88. The Morgan fingerprint density at radius 3 is 2.89 bits per heavy atom. The maximum absolute atomic E-state index is 11.4. The van der Waals surface area contributed by atoms with E-state index in [0.717, 1.165) is 5.56 Å². The van der Waals surface area contributed by atoms with Crippen LogP contribution in [0.2, 0.25) is 0 Å². The third kappa shape index (κ3) is 2.77. The molecule has 0 bridgehead atoms. The summed E-state index contributed by atoms with van der Waals surface area (Å²) in [5, 5.41) is 3.71. The largest absolute Gasteiger partial charge is 0.461 e. The average molecular weight is 245 g/mol. The second-order valence-electron chi connectivity index (χ2n) is 4.00. The van der Waals surface area contributed by atoms with E-state index < -0.39 is 5.97 Å². The second kappa shape index (κ2) is 5.49. The van der Waals surface area contributed by atoms with Gasteiger partial charge in [0.25, 0.3) is 0 Å². The monoisotopic (exact) mass is 245 g/mol. The zero-order chi connectivity index (χ0) is 13.0. The molecule has 0 fully saturated rings. The molecule has 0 aliphatic heterocycles. The number of hydrogen-bond donors (Lipinski definition) is 0. The zero-order valence-corrected chi connectivity index (χ0v) is 10.5. The van der Waals surface area contributed by atoms with Crippen LogP contribution in [0.5, 0.6) is 0 Å². The SMILES string of the molecule is CCOC(=O)c1cc(Cc2ccccc2C)on1. The Morgan fingerprint density at radius 2 is 2.17 bits per heavy atom. The van der Waals surface area contributed by atoms with Crippen molar-refractivity contribution in [3.63, 3.8) is 0 Å². The maximum atomic E-state index is 11.4. The molecule has 1 aromatic heterocycles. The number of aromatic nitrogens is 1. The van der Waals surface area contributed by atoms with Crippen LogP contribution in [0.1, 0.15) is 34.3 Å². The topological polar surface area (TPSA) is 52.3 Å². The van der Waals surface area contributed by atoms with Gasteiger partial charge in [-0.3, -0.25) is 0 Å². The molecule has 1 aromatic carbocycles. The van der Waals surface area contributed by atoms with Crippen LogP contribution in [0, 0.1) is 6.92 Å². The van der Waals surface area contributed by atoms with E-state index in [1.165, 1.54) is 5.56 Å². The van der Waals surface area contributed by atoms with E-state index in [-0.39, 0.29) is 5.69 Å². The van der Waals surface area contributed by atoms with Gasteiger partial charge in [-0.2, -0.15) is 0 Å². The highest BCUT2D eigenvalue weighted by molar-refractivity contribution is 5.87. The number of rotatable bonds is 4. The van der Waals surface area contributed by atoms with Crippen molar-refractivity contribution < 1.29 is 14.1 Å². The number of carbonyl (C=O) groups excluding carboxylic acids is 1. The molecule has 0 spiro atoms. The smallest absolute Gasteiger partial charge is 0.360 e. The molecule has 0 aliphatic rings. The summed E-state index contributed by atoms with van der Waals surface area (Å²) >= 11 is 0. The Bertz CT molecular complexity index is 545. The Hall–Kier alpha value is -2.10. The third-order valence-corrected chi connectivity index (χ3v) is 2.67. The minimum absolute atomic E-state index is 0.223. The van der Waals surface area contributed by atoms with Gasteiger partial charge in [0.1, 0.15) is 5.76 Å². The van der Waals surface area contributed by atoms with Crippen LogP contribution in [0.15, 0.2) is 34.9 Å². The standard InChI is InChI=1S/C14H15NO3/c1-3-17-14(16)13-9-12(18-15-13)8-11-7-5-4-6-10(11)2/h4-7,9H,3,8H2,1-2H3. The number of carbonyl (C=O) groups is 1. The van der Waals surface area contributed by atoms with Crippen molar-refractivity contribution >= 4 is 5.97 Å². The lowest BCUT2D eigenvalue weighted by Gasteiger charge is -2.01. The van der Waals surface area contributed by atoms with Crippen molar-refractivity contribution in [1.29, 1.82) is 0 Å². The van der Waals surface area contributed by atoms with Gasteiger partial charge in [0.15, 0.2) is 5.69 Å². The van der Waals surface area contributed by atoms with Crippen molar-refractivity contribution in [2.75, 3.05) is 6.61 Å². The summed E-state index contributed by atoms with van der Waals surface area (Å²) in [5.41, 5.74) is 2.57. The van der Waals surface area contributed by atoms with Gasteiger partial charge < -0.3 is 9.26 Å². The lowest BCUT2D eigenvalue weighted by Crippen LogP contribution is -2.04. The fourth-order valence-electron chi connectivity index (χ4n) is 1.69. The van der Waals surface area contributed by atoms with E-state index in [2.05, 4.69) is 5.16 Å². The summed E-state index contributed by atoms with van der Waals surface area (Å²) in [4.78, 5) is 11.4. The molecule has 0 unspecified atom stereocenters. The number of aryl methyl sites for hydroxylation is 1. The Balaban J connectivity index is 2.12. The molecule has 94 valence electrons. The number of hydrogen-bond acceptors (Lipinski definition) is 4. The zero-order valence-electron chi connectivity index (χ0n) is 10.5. The lowest BCUT2D eigenvalue weighted by molar-refractivity contribution is 0.0514. The van der Waals surface area contributed by atoms with Gasteiger partial charge in [-0.25, -0.2) is 4.79 Å². The summed E-state index contributed by atoms with van der Waals surface area (Å²) < 4.78 is 9.99. The highest BCUT2D eigenvalue weighted by atomic mass is 16.5. The van der Waals surface area contributed by atoms with Crippen LogP contribution in [-0.2, 0) is 11.2 Å². The molecule has 18 heavy (non-hydrogen) atoms. The van der Waals surface area contributed by atoms with Crippen LogP contribution < -0.4 is 0 Å². The Kier molecular flexibility index (Phi) is 3.77. The van der Waals surface area contributed by atoms with Gasteiger partial charge in [0.05, 0.1) is 6.61 Å². The molecule has 0 saturated carbocycles. The van der Waals surface area contributed by atoms with E-state index in [9.17, 15) is 4.79 Å². The molecule has 0 aliphatic carbocycles. The summed E-state index contributed by atoms with van der Waals surface area (Å²) in [7, 11) is 0. The van der Waals surface area contributed by atoms with Gasteiger partial charge in [-0.05, 0) is 25.0 Å². The van der Waals surface area contributed by atoms with Crippen molar-refractivity contribution in [3.8, 4) is 0 Å². The van der Waals surface area contributed by atoms with E-state index in [1.807, 2.05) is 31.2 Å². The van der Waals surface area contributed by atoms with Crippen LogP contribution in [0.25, 0.3) is 0 Å². The number of benzene rings is 1. The summed E-state index contributed by atoms with van der Waals surface area (Å²) in [6, 6.07) is 9.67. The fraction of sp³-hybridized carbons (Fsp3) is 0.286. The summed E-state index contributed by atoms with van der Waals surface area (Å²) in [5.74, 6) is 0.213. The quantitative estimate of drug-likeness (QED) is 0.777. The van der Waals surface area contributed by atoms with Crippen molar-refractivity contribution in [2.24, 2.45) is 0 Å². The molecule has 1 heterocycles. The first kappa shape index (κ1) is 12.4. The molecule has 0 atom stereocenters. The highest BCUT2D eigenvalue weighted by Crippen LogP contribution is 2.14. The Morgan fingerprint density at radius 1 is 1.39 bits per heavy atom. The van der Waals surface area contributed by atoms with Crippen molar-refractivity contribution in [3.05, 3.63) is 52.9 Å². The Labute approximate surface area is 106 Å². The predicted molar refractivity (Wildman–Crippen MR) is 66.4 cm³/mol. The first-order valence-electron chi connectivity index (χ1n) is 5.88. The van der Waals surface area contributed by atoms with Crippen molar-refractivity contribution in [1.82, 2.24) is 5.16 Å². The van der Waals surface area contributed by atoms with Crippen LogP contribution >= 0.6 is 0 Å². The molecule has 0 amide bonds. The van der Waals surface area contributed by atoms with Gasteiger partial charge in [-0.1, -0.05) is 29.4 Å². The molecule has 0 saturated heterocycles. The van der Waals surface area contributed by atoms with E-state index in [4.69, 9.17) is 9.26 Å². The molecule has 2 aromatic rings. The molecule has 0 radical (unpaired) electrons. The predicted octanol–water partition coefficient (Wildman–Crippen LogP) is 2.75. The molecule has 2 rings (SSSR count). The molecular formula is C14H15NO3. The minimum atomic E-state index is -0.447. The summed E-state index contributed by atoms with van der Waals surface area (Å²) in [6.07, 6.45) is 0.624. The molecular weight excluding hydrogens is 230 g/mol. The van der Waals surface area contributed by atoms with Crippen LogP contribution in [-0.4, -0.2) is 17.7 Å². The van der Waals surface area contributed by atoms with Crippen molar-refractivity contribution in [2.45, 2.75) is 20.3 Å². The van der Waals surface area contributed by atoms with E-state index in [1.54, 1.807) is 13.0 Å². The van der Waals surface area contributed by atoms with Gasteiger partial charge in [-0.15, -0.1) is 0 Å². The average Bonchev–Trinajstić information content (AvgIpc) is 2.81. The van der Waals surface area contributed by atoms with E-state index >= 15 is 0 Å². The molecule has 4 nitrogen and oxygen atoms in total. The van der Waals surface area contributed by atoms with Crippen LogP contribution in [0.4, 0.5) is 0 Å². The van der Waals surface area contributed by atoms with Crippen LogP contribution in [0.3, 0.4) is 0 Å². The third-order valence-electron chi connectivity index (χ3n) is 2.67. The summed E-state index contributed by atoms with van der Waals surface area (Å²) in [6.45, 7) is 4.13. The highest BCUT2D eigenvalue weighted by Gasteiger charge is 2.13. The number of nitrogens with zero attached hydrogens (tertiary/aromatic N) is 1. The minimum Gasteiger partial charge on any atom is -0.461 e. The van der Waals surface area contributed by atoms with Gasteiger partial charge in [0, 0.05) is 12.5 Å². The van der Waals surface area contributed by atoms with Gasteiger partial charge in [0.2, 0.25) is 0 Å². The van der Waals surface area contributed by atoms with E-state index in [0.29, 0.717) is 18.8 Å².